The molecule has 0 saturated carbocycles. The first-order valence-electron chi connectivity index (χ1n) is 5.69. The topological polar surface area (TPSA) is 67.2 Å². The van der Waals surface area contributed by atoms with Crippen molar-refractivity contribution in [3.05, 3.63) is 22.7 Å². The van der Waals surface area contributed by atoms with Crippen molar-refractivity contribution < 1.29 is 4.79 Å². The van der Waals surface area contributed by atoms with E-state index in [1.54, 1.807) is 0 Å². The molecule has 0 fully saturated rings. The number of hydrogen-bond acceptors (Lipinski definition) is 3. The maximum atomic E-state index is 11.4. The van der Waals surface area contributed by atoms with Crippen molar-refractivity contribution in [3.8, 4) is 0 Å². The Kier molecular flexibility index (Phi) is 5.83. The van der Waals surface area contributed by atoms with E-state index in [9.17, 15) is 4.79 Å². The van der Waals surface area contributed by atoms with Crippen molar-refractivity contribution in [1.82, 2.24) is 5.32 Å². The van der Waals surface area contributed by atoms with Crippen LogP contribution in [0.2, 0.25) is 0 Å². The molecule has 0 aromatic heterocycles. The zero-order valence-electron chi connectivity index (χ0n) is 9.92. The number of carbonyl (C=O) groups is 1. The molecule has 0 aliphatic carbocycles. The average molecular weight is 300 g/mol. The SMILES string of the molecule is CCCNC(=O)CCNc1cc(Br)ccc1N. The molecule has 0 spiro atoms. The number of hydrogen-bond donors (Lipinski definition) is 3. The summed E-state index contributed by atoms with van der Waals surface area (Å²) in [4.78, 5) is 11.4. The second-order valence-electron chi connectivity index (χ2n) is 3.76. The highest BCUT2D eigenvalue weighted by molar-refractivity contribution is 9.10. The van der Waals surface area contributed by atoms with E-state index in [2.05, 4.69) is 26.6 Å². The molecule has 0 radical (unpaired) electrons. The summed E-state index contributed by atoms with van der Waals surface area (Å²) in [7, 11) is 0. The normalized spacial score (nSPS) is 10.0. The van der Waals surface area contributed by atoms with E-state index in [-0.39, 0.29) is 5.91 Å². The zero-order valence-corrected chi connectivity index (χ0v) is 11.5. The van der Waals surface area contributed by atoms with Gasteiger partial charge in [-0.2, -0.15) is 0 Å². The van der Waals surface area contributed by atoms with Gasteiger partial charge in [-0.15, -0.1) is 0 Å². The van der Waals surface area contributed by atoms with E-state index in [1.165, 1.54) is 0 Å². The van der Waals surface area contributed by atoms with Crippen molar-refractivity contribution in [2.45, 2.75) is 19.8 Å². The standard InChI is InChI=1S/C12H18BrN3O/c1-2-6-16-12(17)5-7-15-11-8-9(13)3-4-10(11)14/h3-4,8,15H,2,5-7,14H2,1H3,(H,16,17). The average Bonchev–Trinajstić information content (AvgIpc) is 2.31. The molecule has 0 heterocycles. The van der Waals surface area contributed by atoms with Gasteiger partial charge in [0.1, 0.15) is 0 Å². The first-order valence-corrected chi connectivity index (χ1v) is 6.48. The van der Waals surface area contributed by atoms with Gasteiger partial charge in [0.2, 0.25) is 5.91 Å². The fourth-order valence-corrected chi connectivity index (χ4v) is 1.71. The summed E-state index contributed by atoms with van der Waals surface area (Å²) in [6, 6.07) is 5.61. The molecule has 0 aliphatic heterocycles. The summed E-state index contributed by atoms with van der Waals surface area (Å²) in [5, 5.41) is 5.97. The number of amides is 1. The Labute approximate surface area is 110 Å². The number of halogens is 1. The predicted octanol–water partition coefficient (Wildman–Crippen LogP) is 2.36. The van der Waals surface area contributed by atoms with Gasteiger partial charge < -0.3 is 16.4 Å². The molecule has 94 valence electrons. The van der Waals surface area contributed by atoms with Gasteiger partial charge in [-0.25, -0.2) is 0 Å². The van der Waals surface area contributed by atoms with Crippen molar-refractivity contribution in [2.24, 2.45) is 0 Å². The maximum absolute atomic E-state index is 11.4. The molecule has 0 atom stereocenters. The second-order valence-corrected chi connectivity index (χ2v) is 4.67. The summed E-state index contributed by atoms with van der Waals surface area (Å²) in [6.07, 6.45) is 1.41. The molecule has 17 heavy (non-hydrogen) atoms. The van der Waals surface area contributed by atoms with Gasteiger partial charge in [-0.1, -0.05) is 22.9 Å². The van der Waals surface area contributed by atoms with Crippen LogP contribution in [0.4, 0.5) is 11.4 Å². The minimum atomic E-state index is 0.0629. The van der Waals surface area contributed by atoms with E-state index in [4.69, 9.17) is 5.73 Å². The van der Waals surface area contributed by atoms with Crippen molar-refractivity contribution >= 4 is 33.2 Å². The Morgan fingerprint density at radius 2 is 2.18 bits per heavy atom. The lowest BCUT2D eigenvalue weighted by Gasteiger charge is -2.09. The summed E-state index contributed by atoms with van der Waals surface area (Å²) in [5.41, 5.74) is 7.33. The van der Waals surface area contributed by atoms with E-state index < -0.39 is 0 Å². The molecule has 1 rings (SSSR count). The lowest BCUT2D eigenvalue weighted by atomic mass is 10.2. The number of benzene rings is 1. The molecule has 5 heteroatoms. The van der Waals surface area contributed by atoms with E-state index >= 15 is 0 Å². The monoisotopic (exact) mass is 299 g/mol. The van der Waals surface area contributed by atoms with Crippen LogP contribution in [0.3, 0.4) is 0 Å². The Morgan fingerprint density at radius 3 is 2.88 bits per heavy atom. The first kappa shape index (κ1) is 13.8. The minimum absolute atomic E-state index is 0.0629. The molecule has 4 N–H and O–H groups in total. The quantitative estimate of drug-likeness (QED) is 0.707. The van der Waals surface area contributed by atoms with Gasteiger partial charge in [-0.3, -0.25) is 4.79 Å². The zero-order chi connectivity index (χ0) is 12.7. The number of rotatable bonds is 6. The summed E-state index contributed by atoms with van der Waals surface area (Å²) < 4.78 is 0.963. The van der Waals surface area contributed by atoms with Crippen LogP contribution in [0.15, 0.2) is 22.7 Å². The molecule has 0 bridgehead atoms. The van der Waals surface area contributed by atoms with Crippen LogP contribution in [0.25, 0.3) is 0 Å². The molecule has 4 nitrogen and oxygen atoms in total. The summed E-state index contributed by atoms with van der Waals surface area (Å²) in [5.74, 6) is 0.0629. The van der Waals surface area contributed by atoms with Gasteiger partial charge in [0.15, 0.2) is 0 Å². The van der Waals surface area contributed by atoms with Crippen LogP contribution in [0.1, 0.15) is 19.8 Å². The Balaban J connectivity index is 2.35. The number of nitrogen functional groups attached to an aromatic ring is 1. The van der Waals surface area contributed by atoms with Gasteiger partial charge in [0, 0.05) is 24.0 Å². The van der Waals surface area contributed by atoms with Crippen LogP contribution < -0.4 is 16.4 Å². The van der Waals surface area contributed by atoms with E-state index in [0.29, 0.717) is 18.7 Å². The molecule has 1 aromatic carbocycles. The smallest absolute Gasteiger partial charge is 0.221 e. The Morgan fingerprint density at radius 1 is 1.41 bits per heavy atom. The highest BCUT2D eigenvalue weighted by atomic mass is 79.9. The third-order valence-electron chi connectivity index (χ3n) is 2.26. The van der Waals surface area contributed by atoms with Crippen LogP contribution in [-0.4, -0.2) is 19.0 Å². The first-order chi connectivity index (χ1) is 8.13. The maximum Gasteiger partial charge on any atom is 0.221 e. The third-order valence-corrected chi connectivity index (χ3v) is 2.75. The summed E-state index contributed by atoms with van der Waals surface area (Å²) >= 11 is 3.38. The molecular formula is C12H18BrN3O. The highest BCUT2D eigenvalue weighted by Gasteiger charge is 2.02. The van der Waals surface area contributed by atoms with Crippen molar-refractivity contribution in [3.63, 3.8) is 0 Å². The van der Waals surface area contributed by atoms with Gasteiger partial charge in [0.25, 0.3) is 0 Å². The number of carbonyl (C=O) groups excluding carboxylic acids is 1. The van der Waals surface area contributed by atoms with Gasteiger partial charge in [-0.05, 0) is 24.6 Å². The molecule has 0 aliphatic rings. The fraction of sp³-hybridized carbons (Fsp3) is 0.417. The van der Waals surface area contributed by atoms with E-state index in [1.807, 2.05) is 25.1 Å². The lowest BCUT2D eigenvalue weighted by molar-refractivity contribution is -0.120. The van der Waals surface area contributed by atoms with Crippen LogP contribution in [0, 0.1) is 0 Å². The highest BCUT2D eigenvalue weighted by Crippen LogP contribution is 2.22. The number of nitrogens with two attached hydrogens (primary N) is 1. The minimum Gasteiger partial charge on any atom is -0.397 e. The molecule has 1 aromatic rings. The van der Waals surface area contributed by atoms with Gasteiger partial charge in [0.05, 0.1) is 11.4 Å². The van der Waals surface area contributed by atoms with Gasteiger partial charge >= 0.3 is 0 Å². The van der Waals surface area contributed by atoms with Crippen molar-refractivity contribution in [2.75, 3.05) is 24.1 Å². The van der Waals surface area contributed by atoms with Crippen molar-refractivity contribution in [1.29, 1.82) is 0 Å². The fourth-order valence-electron chi connectivity index (χ4n) is 1.35. The number of anilines is 2. The molecular weight excluding hydrogens is 282 g/mol. The second kappa shape index (κ2) is 7.17. The Hall–Kier alpha value is -1.23. The predicted molar refractivity (Wildman–Crippen MR) is 75.0 cm³/mol. The summed E-state index contributed by atoms with van der Waals surface area (Å²) in [6.45, 7) is 3.34. The lowest BCUT2D eigenvalue weighted by Crippen LogP contribution is -2.25. The third kappa shape index (κ3) is 5.08. The number of nitrogens with one attached hydrogen (secondary N) is 2. The van der Waals surface area contributed by atoms with Crippen LogP contribution in [0.5, 0.6) is 0 Å². The molecule has 0 unspecified atom stereocenters. The molecule has 1 amide bonds. The largest absolute Gasteiger partial charge is 0.397 e. The van der Waals surface area contributed by atoms with E-state index in [0.717, 1.165) is 23.1 Å². The Bertz CT molecular complexity index is 382. The van der Waals surface area contributed by atoms with Crippen LogP contribution in [-0.2, 0) is 4.79 Å². The van der Waals surface area contributed by atoms with Crippen LogP contribution >= 0.6 is 15.9 Å². The molecule has 0 saturated heterocycles.